The zero-order valence-corrected chi connectivity index (χ0v) is 54.3. The first-order valence-corrected chi connectivity index (χ1v) is 32.2. The highest BCUT2D eigenvalue weighted by atomic mass is 32.1. The fourth-order valence-corrected chi connectivity index (χ4v) is 11.0. The Hall–Kier alpha value is -8.90. The Labute approximate surface area is 557 Å². The number of aliphatic carboxylic acids is 1. The summed E-state index contributed by atoms with van der Waals surface area (Å²) >= 11 is 8.02. The lowest BCUT2D eigenvalue weighted by atomic mass is 10.0. The van der Waals surface area contributed by atoms with Gasteiger partial charge < -0.3 is 100 Å². The van der Waals surface area contributed by atoms with Crippen LogP contribution in [-0.4, -0.2) is 243 Å². The molecular formula is C60H86N16O17S2. The highest BCUT2D eigenvalue weighted by molar-refractivity contribution is 7.80. The molecule has 0 spiro atoms. The lowest BCUT2D eigenvalue weighted by Gasteiger charge is -2.33. The predicted molar refractivity (Wildman–Crippen MR) is 348 cm³/mol. The summed E-state index contributed by atoms with van der Waals surface area (Å²) in [6.07, 6.45) is 3.22. The van der Waals surface area contributed by atoms with Gasteiger partial charge in [0.25, 0.3) is 0 Å². The van der Waals surface area contributed by atoms with E-state index in [1.54, 1.807) is 60.8 Å². The van der Waals surface area contributed by atoms with Gasteiger partial charge in [-0.1, -0.05) is 48.5 Å². The maximum absolute atomic E-state index is 14.7. The molecule has 95 heavy (non-hydrogen) atoms. The van der Waals surface area contributed by atoms with Crippen LogP contribution in [0.15, 0.2) is 60.8 Å². The maximum Gasteiger partial charge on any atom is 0.327 e. The second-order valence-electron chi connectivity index (χ2n) is 22.7. The highest BCUT2D eigenvalue weighted by Gasteiger charge is 2.44. The molecule has 13 amide bonds. The van der Waals surface area contributed by atoms with Gasteiger partial charge in [-0.15, -0.1) is 0 Å². The van der Waals surface area contributed by atoms with Crippen molar-refractivity contribution in [3.63, 3.8) is 0 Å². The second-order valence-corrected chi connectivity index (χ2v) is 23.4. The van der Waals surface area contributed by atoms with Crippen LogP contribution in [0.2, 0.25) is 0 Å². The molecule has 33 nitrogen and oxygen atoms in total. The average molecular weight is 1370 g/mol. The number of aliphatic hydroxyl groups is 2. The average Bonchev–Trinajstić information content (AvgIpc) is 1.70. The van der Waals surface area contributed by atoms with Crippen molar-refractivity contribution < 1.29 is 82.4 Å². The van der Waals surface area contributed by atoms with E-state index in [4.69, 9.17) is 11.5 Å². The summed E-state index contributed by atoms with van der Waals surface area (Å²) < 4.78 is 0. The molecule has 3 aromatic rings. The number of amides is 13. The summed E-state index contributed by atoms with van der Waals surface area (Å²) in [4.78, 5) is 193. The topological polar surface area (TPSA) is 506 Å². The number of carboxylic acid groups (broad SMARTS) is 1. The minimum absolute atomic E-state index is 0.0209. The second kappa shape index (κ2) is 38.5. The molecule has 0 unspecified atom stereocenters. The number of carboxylic acids is 1. The predicted octanol–water partition coefficient (Wildman–Crippen LogP) is -6.41. The number of likely N-dealkylation sites (tertiary alicyclic amines) is 2. The lowest BCUT2D eigenvalue weighted by molar-refractivity contribution is -0.148. The molecule has 0 radical (unpaired) electrons. The Morgan fingerprint density at radius 2 is 1.06 bits per heavy atom. The van der Waals surface area contributed by atoms with Crippen LogP contribution in [0.25, 0.3) is 10.9 Å². The molecular weight excluding hydrogens is 1280 g/mol. The van der Waals surface area contributed by atoms with Crippen molar-refractivity contribution in [2.45, 2.75) is 138 Å². The quantitative estimate of drug-likeness (QED) is 0.0189. The molecule has 19 N–H and O–H groups in total. The number of carbonyl (C=O) groups excluding carboxylic acids is 13. The van der Waals surface area contributed by atoms with Gasteiger partial charge in [-0.2, -0.15) is 25.3 Å². The SMILES string of the molecule is C[C@H](NC(=O)[C@H](CCCCN)NC(=O)[C@H](Cc1ccccc1)NC(=O)[C@@H]1CCCN1C(=O)[C@@H]1CCCN1C(=O)[C@H](C)NC(=O)[C@H](Cc1c[nH]c2ccccc12)NC(=O)[C@H](CO)NC(=O)[C@H](CS)NC(=O)CNC(=O)CNC(=O)CN)C(=O)N[C@@H](CO)C(=O)N[C@@H](CS)C(=O)O. The van der Waals surface area contributed by atoms with Gasteiger partial charge in [0, 0.05) is 54.5 Å². The molecule has 11 atom stereocenters. The van der Waals surface area contributed by atoms with Crippen LogP contribution >= 0.6 is 25.3 Å². The number of hydrogen-bond donors (Lipinski definition) is 19. The maximum atomic E-state index is 14.7. The van der Waals surface area contributed by atoms with E-state index in [1.807, 2.05) is 0 Å². The third kappa shape index (κ3) is 22.9. The van der Waals surface area contributed by atoms with Crippen LogP contribution in [0, 0.1) is 0 Å². The van der Waals surface area contributed by atoms with Crippen LogP contribution in [0.5, 0.6) is 0 Å². The van der Waals surface area contributed by atoms with Crippen LogP contribution in [0.3, 0.4) is 0 Å². The van der Waals surface area contributed by atoms with E-state index in [9.17, 15) is 82.4 Å². The molecule has 0 aliphatic carbocycles. The number of rotatable bonds is 37. The van der Waals surface area contributed by atoms with Crippen molar-refractivity contribution in [1.29, 1.82) is 0 Å². The van der Waals surface area contributed by atoms with Gasteiger partial charge in [0.05, 0.1) is 32.8 Å². The Bertz CT molecular complexity index is 3220. The third-order valence-corrected chi connectivity index (χ3v) is 16.4. The van der Waals surface area contributed by atoms with Crippen LogP contribution in [0.1, 0.15) is 69.9 Å². The fraction of sp³-hybridized carbons (Fsp3) is 0.533. The number of carbonyl (C=O) groups is 14. The van der Waals surface area contributed by atoms with Crippen molar-refractivity contribution >= 4 is 119 Å². The highest BCUT2D eigenvalue weighted by Crippen LogP contribution is 2.26. The van der Waals surface area contributed by atoms with Gasteiger partial charge in [0.1, 0.15) is 66.5 Å². The molecule has 1 aromatic heterocycles. The number of nitrogens with one attached hydrogen (secondary N) is 12. The van der Waals surface area contributed by atoms with Gasteiger partial charge in [0.2, 0.25) is 76.8 Å². The first-order valence-electron chi connectivity index (χ1n) is 30.9. The third-order valence-electron chi connectivity index (χ3n) is 15.7. The Morgan fingerprint density at radius 1 is 0.547 bits per heavy atom. The van der Waals surface area contributed by atoms with Crippen LogP contribution < -0.4 is 70.0 Å². The Kier molecular flexibility index (Phi) is 31.1. The number of thiol groups is 2. The van der Waals surface area contributed by atoms with E-state index in [2.05, 4.69) is 88.7 Å². The van der Waals surface area contributed by atoms with Crippen molar-refractivity contribution in [3.8, 4) is 0 Å². The number of nitrogens with zero attached hydrogens (tertiary/aromatic N) is 2. The standard InChI is InChI=1S/C60H86N16O17S2/c1-32(50(82)72-41(28-77)55(87)74-44(31-95)60(92)93)66-51(83)38(16-8-9-19-61)69-53(85)39(22-34-12-4-3-5-13-34)71-57(89)45-17-10-20-75(45)59(91)46-18-11-21-76(46)58(90)33(2)67-52(84)40(23-35-25-63-37-15-7-6-14-36(35)37)70-54(86)42(29-78)73-56(88)43(30-94)68-49(81)27-65-48(80)26-64-47(79)24-62/h3-7,12-15,25,32-33,38-46,63,77-78,94-95H,8-11,16-24,26-31,61-62H2,1-2H3,(H,64,79)(H,65,80)(H,66,83)(H,67,84)(H,68,81)(H,69,85)(H,70,86)(H,71,89)(H,72,82)(H,73,88)(H,74,87)(H,92,93)/t32-,33-,38-,39-,40-,41-,42-,43-,44-,45-,46-/m0/s1. The van der Waals surface area contributed by atoms with E-state index in [0.29, 0.717) is 47.7 Å². The fourth-order valence-electron chi connectivity index (χ4n) is 10.5. The molecule has 3 heterocycles. The van der Waals surface area contributed by atoms with E-state index in [-0.39, 0.29) is 69.8 Å². The number of hydrogen-bond acceptors (Lipinski definition) is 20. The zero-order chi connectivity index (χ0) is 69.9. The first kappa shape index (κ1) is 76.8. The minimum atomic E-state index is -1.70. The smallest absolute Gasteiger partial charge is 0.327 e. The molecule has 2 aliphatic rings. The monoisotopic (exact) mass is 1370 g/mol. The molecule has 35 heteroatoms. The van der Waals surface area contributed by atoms with Gasteiger partial charge in [-0.3, -0.25) is 62.3 Å². The summed E-state index contributed by atoms with van der Waals surface area (Å²) in [7, 11) is 0. The number of aromatic amines is 1. The van der Waals surface area contributed by atoms with Crippen LogP contribution in [0.4, 0.5) is 0 Å². The first-order chi connectivity index (χ1) is 45.4. The van der Waals surface area contributed by atoms with Crippen LogP contribution in [-0.2, 0) is 80.0 Å². The number of unbranched alkanes of at least 4 members (excludes halogenated alkanes) is 1. The number of fused-ring (bicyclic) bond motifs is 1. The number of para-hydroxylation sites is 1. The summed E-state index contributed by atoms with van der Waals surface area (Å²) in [5, 5.41) is 57.0. The Balaban J connectivity index is 1.27. The van der Waals surface area contributed by atoms with Gasteiger partial charge >= 0.3 is 5.97 Å². The number of benzene rings is 2. The van der Waals surface area contributed by atoms with Crippen molar-refractivity contribution in [1.82, 2.24) is 73.3 Å². The zero-order valence-electron chi connectivity index (χ0n) is 52.6. The normalized spacial score (nSPS) is 17.1. The lowest BCUT2D eigenvalue weighted by Crippen LogP contribution is -2.60. The van der Waals surface area contributed by atoms with E-state index in [1.165, 1.54) is 23.6 Å². The molecule has 2 aromatic carbocycles. The largest absolute Gasteiger partial charge is 0.480 e. The number of nitrogens with two attached hydrogens (primary N) is 2. The molecule has 5 rings (SSSR count). The molecule has 520 valence electrons. The summed E-state index contributed by atoms with van der Waals surface area (Å²) in [6, 6.07) is 0.527. The summed E-state index contributed by atoms with van der Waals surface area (Å²) in [6.45, 7) is -0.285. The number of aromatic nitrogens is 1. The van der Waals surface area contributed by atoms with Gasteiger partial charge in [0.15, 0.2) is 0 Å². The Morgan fingerprint density at radius 3 is 1.69 bits per heavy atom. The van der Waals surface area contributed by atoms with E-state index in [0.717, 1.165) is 0 Å². The molecule has 2 fully saturated rings. The molecule has 0 saturated carbocycles. The summed E-state index contributed by atoms with van der Waals surface area (Å²) in [5.41, 5.74) is 12.8. The van der Waals surface area contributed by atoms with Crippen molar-refractivity contribution in [2.24, 2.45) is 11.5 Å². The van der Waals surface area contributed by atoms with Crippen molar-refractivity contribution in [2.75, 3.05) is 64.0 Å². The van der Waals surface area contributed by atoms with Gasteiger partial charge in [-0.25, -0.2) is 4.79 Å². The number of H-pyrrole nitrogens is 1. The number of aliphatic hydroxyl groups excluding tert-OH is 2. The van der Waals surface area contributed by atoms with Gasteiger partial charge in [-0.05, 0) is 82.5 Å². The minimum Gasteiger partial charge on any atom is -0.480 e. The van der Waals surface area contributed by atoms with E-state index < -0.39 is 176 Å². The van der Waals surface area contributed by atoms with Crippen molar-refractivity contribution in [3.05, 3.63) is 71.9 Å². The summed E-state index contributed by atoms with van der Waals surface area (Å²) in [5.74, 6) is -12.6. The molecule has 2 saturated heterocycles. The molecule has 2 aliphatic heterocycles. The van der Waals surface area contributed by atoms with E-state index >= 15 is 0 Å². The molecule has 0 bridgehead atoms.